The van der Waals surface area contributed by atoms with E-state index < -0.39 is 0 Å². The van der Waals surface area contributed by atoms with Crippen molar-refractivity contribution < 1.29 is 0 Å². The molecule has 0 bridgehead atoms. The van der Waals surface area contributed by atoms with Gasteiger partial charge in [-0.3, -0.25) is 0 Å². The van der Waals surface area contributed by atoms with Crippen molar-refractivity contribution in [2.75, 3.05) is 0 Å². The van der Waals surface area contributed by atoms with E-state index in [9.17, 15) is 0 Å². The van der Waals surface area contributed by atoms with Crippen molar-refractivity contribution in [3.8, 4) is 0 Å². The summed E-state index contributed by atoms with van der Waals surface area (Å²) in [5.41, 5.74) is 4.69. The third kappa shape index (κ3) is 1.74. The Labute approximate surface area is 70.0 Å². The molecule has 0 unspecified atom stereocenters. The van der Waals surface area contributed by atoms with Crippen LogP contribution in [0.25, 0.3) is 0 Å². The quantitative estimate of drug-likeness (QED) is 0.534. The summed E-state index contributed by atoms with van der Waals surface area (Å²) < 4.78 is 0. The summed E-state index contributed by atoms with van der Waals surface area (Å²) >= 11 is 0. The molecule has 62 valence electrons. The predicted molar refractivity (Wildman–Crippen MR) is 50.5 cm³/mol. The SMILES string of the molecule is CC1=CCCC(C)=C1C(C)C. The molecule has 0 heteroatoms. The molecule has 0 N–H and O–H groups in total. The highest BCUT2D eigenvalue weighted by Gasteiger charge is 2.12. The van der Waals surface area contributed by atoms with Crippen molar-refractivity contribution in [2.45, 2.75) is 40.5 Å². The van der Waals surface area contributed by atoms with Crippen molar-refractivity contribution in [2.24, 2.45) is 5.92 Å². The molecular weight excluding hydrogens is 132 g/mol. The first kappa shape index (κ1) is 8.58. The Hall–Kier alpha value is -0.520. The van der Waals surface area contributed by atoms with Gasteiger partial charge >= 0.3 is 0 Å². The van der Waals surface area contributed by atoms with E-state index in [1.54, 1.807) is 11.1 Å². The number of hydrogen-bond donors (Lipinski definition) is 0. The van der Waals surface area contributed by atoms with Gasteiger partial charge in [-0.15, -0.1) is 0 Å². The smallest absolute Gasteiger partial charge is 0.0217 e. The lowest BCUT2D eigenvalue weighted by atomic mass is 9.86. The van der Waals surface area contributed by atoms with Crippen molar-refractivity contribution >= 4 is 0 Å². The van der Waals surface area contributed by atoms with Gasteiger partial charge in [-0.05, 0) is 38.2 Å². The lowest BCUT2D eigenvalue weighted by molar-refractivity contribution is 0.736. The van der Waals surface area contributed by atoms with Crippen molar-refractivity contribution in [1.82, 2.24) is 0 Å². The maximum absolute atomic E-state index is 2.36. The van der Waals surface area contributed by atoms with Gasteiger partial charge in [0.1, 0.15) is 0 Å². The zero-order valence-electron chi connectivity index (χ0n) is 8.07. The number of allylic oxidation sites excluding steroid dienone is 4. The Bertz CT molecular complexity index is 204. The Kier molecular flexibility index (Phi) is 2.53. The zero-order chi connectivity index (χ0) is 8.43. The summed E-state index contributed by atoms with van der Waals surface area (Å²) in [6.45, 7) is 9.06. The average molecular weight is 150 g/mol. The second kappa shape index (κ2) is 3.25. The minimum Gasteiger partial charge on any atom is -0.0810 e. The minimum atomic E-state index is 0.701. The molecule has 0 atom stereocenters. The van der Waals surface area contributed by atoms with Crippen molar-refractivity contribution in [3.05, 3.63) is 22.8 Å². The van der Waals surface area contributed by atoms with Crippen molar-refractivity contribution in [3.63, 3.8) is 0 Å². The first-order valence-corrected chi connectivity index (χ1v) is 4.49. The minimum absolute atomic E-state index is 0.701. The van der Waals surface area contributed by atoms with E-state index in [4.69, 9.17) is 0 Å². The van der Waals surface area contributed by atoms with Crippen LogP contribution in [0.2, 0.25) is 0 Å². The highest BCUT2D eigenvalue weighted by Crippen LogP contribution is 2.29. The van der Waals surface area contributed by atoms with E-state index in [-0.39, 0.29) is 0 Å². The molecule has 0 fully saturated rings. The molecule has 11 heavy (non-hydrogen) atoms. The summed E-state index contributed by atoms with van der Waals surface area (Å²) in [5, 5.41) is 0. The lowest BCUT2D eigenvalue weighted by Gasteiger charge is -2.20. The van der Waals surface area contributed by atoms with Crippen LogP contribution in [0.4, 0.5) is 0 Å². The second-order valence-corrected chi connectivity index (χ2v) is 3.77. The number of rotatable bonds is 1. The number of hydrogen-bond acceptors (Lipinski definition) is 0. The molecule has 0 heterocycles. The van der Waals surface area contributed by atoms with Gasteiger partial charge in [-0.25, -0.2) is 0 Å². The van der Waals surface area contributed by atoms with Gasteiger partial charge in [0.25, 0.3) is 0 Å². The summed E-state index contributed by atoms with van der Waals surface area (Å²) in [5.74, 6) is 0.701. The topological polar surface area (TPSA) is 0 Å². The maximum Gasteiger partial charge on any atom is -0.0217 e. The molecule has 0 saturated heterocycles. The molecule has 1 aliphatic rings. The Morgan fingerprint density at radius 1 is 1.27 bits per heavy atom. The van der Waals surface area contributed by atoms with E-state index in [1.165, 1.54) is 18.4 Å². The predicted octanol–water partition coefficient (Wildman–Crippen LogP) is 3.70. The molecule has 0 aromatic carbocycles. The van der Waals surface area contributed by atoms with Gasteiger partial charge in [0, 0.05) is 0 Å². The van der Waals surface area contributed by atoms with E-state index in [2.05, 4.69) is 33.8 Å². The van der Waals surface area contributed by atoms with Crippen LogP contribution in [0.1, 0.15) is 40.5 Å². The summed E-state index contributed by atoms with van der Waals surface area (Å²) in [4.78, 5) is 0. The van der Waals surface area contributed by atoms with Crippen LogP contribution in [-0.2, 0) is 0 Å². The molecule has 0 spiro atoms. The second-order valence-electron chi connectivity index (χ2n) is 3.77. The summed E-state index contributed by atoms with van der Waals surface area (Å²) in [6, 6.07) is 0. The summed E-state index contributed by atoms with van der Waals surface area (Å²) in [6.07, 6.45) is 4.88. The van der Waals surface area contributed by atoms with Crippen LogP contribution in [0.5, 0.6) is 0 Å². The van der Waals surface area contributed by atoms with Gasteiger partial charge in [-0.2, -0.15) is 0 Å². The molecule has 0 aromatic heterocycles. The fraction of sp³-hybridized carbons (Fsp3) is 0.636. The molecular formula is C11H18. The van der Waals surface area contributed by atoms with E-state index in [0.29, 0.717) is 5.92 Å². The Morgan fingerprint density at radius 2 is 1.91 bits per heavy atom. The molecule has 0 aliphatic heterocycles. The van der Waals surface area contributed by atoms with E-state index in [1.807, 2.05) is 0 Å². The fourth-order valence-corrected chi connectivity index (χ4v) is 2.03. The molecule has 1 aliphatic carbocycles. The van der Waals surface area contributed by atoms with E-state index in [0.717, 1.165) is 0 Å². The van der Waals surface area contributed by atoms with Gasteiger partial charge in [0.15, 0.2) is 0 Å². The average Bonchev–Trinajstić information content (AvgIpc) is 1.85. The van der Waals surface area contributed by atoms with Gasteiger partial charge in [0.05, 0.1) is 0 Å². The van der Waals surface area contributed by atoms with Crippen LogP contribution in [-0.4, -0.2) is 0 Å². The van der Waals surface area contributed by atoms with Crippen LogP contribution >= 0.6 is 0 Å². The highest BCUT2D eigenvalue weighted by molar-refractivity contribution is 5.37. The third-order valence-electron chi connectivity index (χ3n) is 2.43. The standard InChI is InChI=1S/C11H18/c1-8(2)11-9(3)6-5-7-10(11)4/h6,8H,5,7H2,1-4H3. The molecule has 0 aromatic rings. The van der Waals surface area contributed by atoms with Crippen LogP contribution < -0.4 is 0 Å². The van der Waals surface area contributed by atoms with Gasteiger partial charge in [0.2, 0.25) is 0 Å². The molecule has 0 nitrogen and oxygen atoms in total. The molecule has 1 rings (SSSR count). The van der Waals surface area contributed by atoms with Crippen LogP contribution in [0, 0.1) is 5.92 Å². The van der Waals surface area contributed by atoms with E-state index >= 15 is 0 Å². The van der Waals surface area contributed by atoms with Crippen LogP contribution in [0.15, 0.2) is 22.8 Å². The first-order chi connectivity index (χ1) is 5.13. The Morgan fingerprint density at radius 3 is 2.27 bits per heavy atom. The first-order valence-electron chi connectivity index (χ1n) is 4.49. The van der Waals surface area contributed by atoms with Crippen molar-refractivity contribution in [1.29, 1.82) is 0 Å². The fourth-order valence-electron chi connectivity index (χ4n) is 2.03. The monoisotopic (exact) mass is 150 g/mol. The van der Waals surface area contributed by atoms with Crippen LogP contribution in [0.3, 0.4) is 0 Å². The third-order valence-corrected chi connectivity index (χ3v) is 2.43. The highest BCUT2D eigenvalue weighted by atomic mass is 14.2. The van der Waals surface area contributed by atoms with Gasteiger partial charge < -0.3 is 0 Å². The summed E-state index contributed by atoms with van der Waals surface area (Å²) in [7, 11) is 0. The van der Waals surface area contributed by atoms with Gasteiger partial charge in [-0.1, -0.05) is 31.1 Å². The largest absolute Gasteiger partial charge is 0.0810 e. The molecule has 0 radical (unpaired) electrons. The normalized spacial score (nSPS) is 19.2. The lowest BCUT2D eigenvalue weighted by Crippen LogP contribution is -2.03. The maximum atomic E-state index is 2.36. The molecule has 0 saturated carbocycles. The zero-order valence-corrected chi connectivity index (χ0v) is 8.07. The Balaban J connectivity index is 2.94. The molecule has 0 amide bonds.